The molecule has 6 heteroatoms. The molecular formula is C16H20N2O4. The van der Waals surface area contributed by atoms with Gasteiger partial charge in [-0.2, -0.15) is 0 Å². The number of hydrogen-bond acceptors (Lipinski definition) is 5. The molecule has 0 amide bonds. The molecule has 0 fully saturated rings. The fraction of sp³-hybridized carbons (Fsp3) is 0.375. The lowest BCUT2D eigenvalue weighted by Crippen LogP contribution is -2.23. The maximum absolute atomic E-state index is 12.3. The normalized spacial score (nSPS) is 12.5. The van der Waals surface area contributed by atoms with Crippen LogP contribution >= 0.6 is 0 Å². The number of ether oxygens (including phenoxy) is 3. The molecule has 0 spiro atoms. The molecule has 0 aliphatic rings. The first-order chi connectivity index (χ1) is 10.7. The minimum absolute atomic E-state index is 0.00305. The molecular weight excluding hydrogens is 284 g/mol. The maximum Gasteiger partial charge on any atom is 0.271 e. The third-order valence-corrected chi connectivity index (χ3v) is 3.39. The maximum atomic E-state index is 12.3. The zero-order valence-corrected chi connectivity index (χ0v) is 12.9. The minimum atomic E-state index is -0.855. The van der Waals surface area contributed by atoms with Gasteiger partial charge in [-0.15, -0.1) is 0 Å². The molecule has 118 valence electrons. The van der Waals surface area contributed by atoms with Gasteiger partial charge in [-0.1, -0.05) is 30.3 Å². The second kappa shape index (κ2) is 7.84. The lowest BCUT2D eigenvalue weighted by atomic mass is 10.1. The van der Waals surface area contributed by atoms with Crippen LogP contribution in [0.15, 0.2) is 42.9 Å². The van der Waals surface area contributed by atoms with Crippen LogP contribution in [0.25, 0.3) is 0 Å². The number of imidazole rings is 1. The Hall–Kier alpha value is -2.02. The third-order valence-electron chi connectivity index (χ3n) is 3.39. The second-order valence-electron chi connectivity index (χ2n) is 4.77. The number of benzene rings is 1. The Balaban J connectivity index is 2.10. The summed E-state index contributed by atoms with van der Waals surface area (Å²) in [7, 11) is 2.89. The summed E-state index contributed by atoms with van der Waals surface area (Å²) in [6.45, 7) is 1.02. The van der Waals surface area contributed by atoms with Crippen molar-refractivity contribution in [3.8, 4) is 0 Å². The van der Waals surface area contributed by atoms with Crippen molar-refractivity contribution in [2.45, 2.75) is 19.4 Å². The SMILES string of the molecule is COC(OC)OCC(=O)c1cncn1[C@H](C)c1ccccc1. The van der Waals surface area contributed by atoms with Gasteiger partial charge in [0.1, 0.15) is 12.3 Å². The van der Waals surface area contributed by atoms with Crippen LogP contribution in [-0.2, 0) is 14.2 Å². The van der Waals surface area contributed by atoms with E-state index in [-0.39, 0.29) is 18.4 Å². The molecule has 1 heterocycles. The summed E-state index contributed by atoms with van der Waals surface area (Å²) in [5.74, 6) is -0.181. The highest BCUT2D eigenvalue weighted by molar-refractivity contribution is 5.95. The molecule has 1 aromatic heterocycles. The lowest BCUT2D eigenvalue weighted by molar-refractivity contribution is -0.259. The highest BCUT2D eigenvalue weighted by Gasteiger charge is 2.18. The van der Waals surface area contributed by atoms with Crippen LogP contribution in [0.5, 0.6) is 0 Å². The number of carbonyl (C=O) groups excluding carboxylic acids is 1. The predicted molar refractivity (Wildman–Crippen MR) is 80.6 cm³/mol. The number of ketones is 1. The summed E-state index contributed by atoms with van der Waals surface area (Å²) in [5.41, 5.74) is 1.59. The van der Waals surface area contributed by atoms with Crippen molar-refractivity contribution in [3.63, 3.8) is 0 Å². The van der Waals surface area contributed by atoms with Crippen molar-refractivity contribution >= 4 is 5.78 Å². The van der Waals surface area contributed by atoms with Gasteiger partial charge in [0, 0.05) is 14.2 Å². The highest BCUT2D eigenvalue weighted by Crippen LogP contribution is 2.19. The number of methoxy groups -OCH3 is 2. The van der Waals surface area contributed by atoms with Crippen LogP contribution < -0.4 is 0 Å². The molecule has 1 atom stereocenters. The average molecular weight is 304 g/mol. The lowest BCUT2D eigenvalue weighted by Gasteiger charge is -2.17. The number of rotatable bonds is 8. The van der Waals surface area contributed by atoms with Gasteiger partial charge >= 0.3 is 0 Å². The molecule has 0 bridgehead atoms. The molecule has 0 aliphatic carbocycles. The van der Waals surface area contributed by atoms with Crippen molar-refractivity contribution in [1.82, 2.24) is 9.55 Å². The van der Waals surface area contributed by atoms with Crippen molar-refractivity contribution < 1.29 is 19.0 Å². The van der Waals surface area contributed by atoms with E-state index >= 15 is 0 Å². The zero-order chi connectivity index (χ0) is 15.9. The van der Waals surface area contributed by atoms with Gasteiger partial charge in [0.15, 0.2) is 0 Å². The van der Waals surface area contributed by atoms with Gasteiger partial charge in [0.25, 0.3) is 6.48 Å². The van der Waals surface area contributed by atoms with Crippen molar-refractivity contribution in [2.75, 3.05) is 20.8 Å². The quantitative estimate of drug-likeness (QED) is 0.553. The number of aromatic nitrogens is 2. The van der Waals surface area contributed by atoms with Crippen molar-refractivity contribution in [3.05, 3.63) is 54.1 Å². The van der Waals surface area contributed by atoms with E-state index in [9.17, 15) is 4.79 Å². The van der Waals surface area contributed by atoms with E-state index in [0.717, 1.165) is 5.56 Å². The third kappa shape index (κ3) is 3.79. The topological polar surface area (TPSA) is 62.6 Å². The van der Waals surface area contributed by atoms with E-state index in [4.69, 9.17) is 14.2 Å². The highest BCUT2D eigenvalue weighted by atomic mass is 16.8. The van der Waals surface area contributed by atoms with Gasteiger partial charge < -0.3 is 18.8 Å². The summed E-state index contributed by atoms with van der Waals surface area (Å²) >= 11 is 0. The fourth-order valence-corrected chi connectivity index (χ4v) is 2.17. The Morgan fingerprint density at radius 3 is 2.55 bits per heavy atom. The molecule has 2 rings (SSSR count). The molecule has 2 aromatic rings. The Kier molecular flexibility index (Phi) is 5.83. The van der Waals surface area contributed by atoms with E-state index in [1.165, 1.54) is 14.2 Å². The van der Waals surface area contributed by atoms with Crippen molar-refractivity contribution in [2.24, 2.45) is 0 Å². The Morgan fingerprint density at radius 2 is 1.91 bits per heavy atom. The molecule has 0 unspecified atom stereocenters. The van der Waals surface area contributed by atoms with Crippen molar-refractivity contribution in [1.29, 1.82) is 0 Å². The molecule has 0 aliphatic heterocycles. The number of Topliss-reactive ketones (excluding diaryl/α,β-unsaturated/α-hetero) is 1. The van der Waals surface area contributed by atoms with Gasteiger partial charge in [-0.25, -0.2) is 4.98 Å². The van der Waals surface area contributed by atoms with Crippen LogP contribution in [0.1, 0.15) is 29.0 Å². The van der Waals surface area contributed by atoms with E-state index in [1.807, 2.05) is 41.8 Å². The smallest absolute Gasteiger partial charge is 0.271 e. The van der Waals surface area contributed by atoms with E-state index < -0.39 is 6.48 Å². The van der Waals surface area contributed by atoms with Crippen LogP contribution in [-0.4, -0.2) is 42.6 Å². The molecule has 0 N–H and O–H groups in total. The molecule has 1 aromatic carbocycles. The van der Waals surface area contributed by atoms with E-state index in [1.54, 1.807) is 12.5 Å². The Morgan fingerprint density at radius 1 is 1.23 bits per heavy atom. The summed E-state index contributed by atoms with van der Waals surface area (Å²) < 4.78 is 16.9. The van der Waals surface area contributed by atoms with Gasteiger partial charge in [0.05, 0.1) is 18.6 Å². The van der Waals surface area contributed by atoms with Gasteiger partial charge in [0.2, 0.25) is 5.78 Å². The monoisotopic (exact) mass is 304 g/mol. The number of nitrogens with zero attached hydrogens (tertiary/aromatic N) is 2. The minimum Gasteiger partial charge on any atom is -0.333 e. The number of carbonyl (C=O) groups is 1. The van der Waals surface area contributed by atoms with E-state index in [2.05, 4.69) is 4.98 Å². The average Bonchev–Trinajstić information content (AvgIpc) is 3.05. The summed E-state index contributed by atoms with van der Waals surface area (Å²) in [6, 6.07) is 9.93. The summed E-state index contributed by atoms with van der Waals surface area (Å²) in [6.07, 6.45) is 3.19. The number of hydrogen-bond donors (Lipinski definition) is 0. The van der Waals surface area contributed by atoms with Gasteiger partial charge in [-0.05, 0) is 12.5 Å². The summed E-state index contributed by atoms with van der Waals surface area (Å²) in [5, 5.41) is 0. The Labute approximate surface area is 129 Å². The first-order valence-electron chi connectivity index (χ1n) is 6.94. The standard InChI is InChI=1S/C16H20N2O4/c1-12(13-7-5-4-6-8-13)18-11-17-9-14(18)15(19)10-22-16(20-2)21-3/h4-9,11-12,16H,10H2,1-3H3/t12-/m1/s1. The molecule has 0 saturated carbocycles. The van der Waals surface area contributed by atoms with Crippen LogP contribution in [0.3, 0.4) is 0 Å². The van der Waals surface area contributed by atoms with Gasteiger partial charge in [-0.3, -0.25) is 4.79 Å². The molecule has 0 saturated heterocycles. The Bertz CT molecular complexity index is 593. The summed E-state index contributed by atoms with van der Waals surface area (Å²) in [4.78, 5) is 16.4. The van der Waals surface area contributed by atoms with Crippen LogP contribution in [0, 0.1) is 0 Å². The predicted octanol–water partition coefficient (Wildman–Crippen LogP) is 2.27. The first-order valence-corrected chi connectivity index (χ1v) is 6.94. The van der Waals surface area contributed by atoms with Crippen LogP contribution in [0.4, 0.5) is 0 Å². The fourth-order valence-electron chi connectivity index (χ4n) is 2.17. The molecule has 0 radical (unpaired) electrons. The first kappa shape index (κ1) is 16.4. The zero-order valence-electron chi connectivity index (χ0n) is 12.9. The van der Waals surface area contributed by atoms with Crippen LogP contribution in [0.2, 0.25) is 0 Å². The largest absolute Gasteiger partial charge is 0.333 e. The van der Waals surface area contributed by atoms with E-state index in [0.29, 0.717) is 5.69 Å². The second-order valence-corrected chi connectivity index (χ2v) is 4.77. The molecule has 22 heavy (non-hydrogen) atoms. The molecule has 6 nitrogen and oxygen atoms in total.